The molecule has 5 atom stereocenters. The van der Waals surface area contributed by atoms with Crippen molar-refractivity contribution in [3.05, 3.63) is 122 Å². The van der Waals surface area contributed by atoms with Crippen LogP contribution in [0.1, 0.15) is 117 Å². The number of carbonyl (C=O) groups excluding carboxylic acids is 2. The van der Waals surface area contributed by atoms with Gasteiger partial charge in [-0.15, -0.1) is 0 Å². The Hall–Kier alpha value is -4.20. The highest BCUT2D eigenvalue weighted by Crippen LogP contribution is 2.43. The second kappa shape index (κ2) is 40.8. The number of phosphoric acid groups is 1. The number of carbonyl (C=O) groups is 3. The predicted octanol–water partition coefficient (Wildman–Crippen LogP) is 9.55. The third-order valence-electron chi connectivity index (χ3n) is 8.37. The third-order valence-corrected chi connectivity index (χ3v) is 9.32. The number of hydrogen-bond acceptors (Lipinski definition) is 11. The molecule has 0 aliphatic rings. The van der Waals surface area contributed by atoms with Crippen LogP contribution in [-0.4, -0.2) is 82.3 Å². The molecule has 0 aromatic heterocycles. The summed E-state index contributed by atoms with van der Waals surface area (Å²) in [6.45, 7) is 2.32. The molecule has 0 radical (unpaired) electrons. The summed E-state index contributed by atoms with van der Waals surface area (Å²) in [5.74, 6) is -2.66. The Bertz CT molecular complexity index is 1540. The zero-order chi connectivity index (χ0) is 45.9. The molecule has 0 heterocycles. The fraction of sp³-hybridized carbons (Fsp3) is 0.521. The molecular formula is C48H74NO12P. The van der Waals surface area contributed by atoms with Crippen molar-refractivity contribution < 1.29 is 57.7 Å². The van der Waals surface area contributed by atoms with E-state index in [1.54, 1.807) is 42.5 Å². The number of carboxylic acid groups (broad SMARTS) is 1. The van der Waals surface area contributed by atoms with Gasteiger partial charge in [0, 0.05) is 12.8 Å². The van der Waals surface area contributed by atoms with E-state index in [0.29, 0.717) is 38.5 Å². The Morgan fingerprint density at radius 3 is 1.65 bits per heavy atom. The number of carboxylic acids is 1. The first-order valence-electron chi connectivity index (χ1n) is 21.8. The molecule has 348 valence electrons. The van der Waals surface area contributed by atoms with Crippen molar-refractivity contribution in [2.45, 2.75) is 141 Å². The second-order valence-corrected chi connectivity index (χ2v) is 15.6. The van der Waals surface area contributed by atoms with Crippen molar-refractivity contribution in [3.63, 3.8) is 0 Å². The first-order chi connectivity index (χ1) is 29.9. The van der Waals surface area contributed by atoms with Gasteiger partial charge in [0.1, 0.15) is 12.6 Å². The average Bonchev–Trinajstić information content (AvgIpc) is 3.24. The Kier molecular flexibility index (Phi) is 38.1. The summed E-state index contributed by atoms with van der Waals surface area (Å²) in [7, 11) is -4.79. The lowest BCUT2D eigenvalue weighted by Crippen LogP contribution is -2.34. The molecule has 0 bridgehead atoms. The highest BCUT2D eigenvalue weighted by Gasteiger charge is 2.28. The van der Waals surface area contributed by atoms with Gasteiger partial charge in [-0.1, -0.05) is 148 Å². The van der Waals surface area contributed by atoms with E-state index in [2.05, 4.69) is 47.9 Å². The molecule has 6 N–H and O–H groups in total. The van der Waals surface area contributed by atoms with Gasteiger partial charge in [0.2, 0.25) is 0 Å². The molecule has 0 aliphatic heterocycles. The Balaban J connectivity index is 4.72. The fourth-order valence-corrected chi connectivity index (χ4v) is 5.68. The number of hydrogen-bond donors (Lipinski definition) is 5. The van der Waals surface area contributed by atoms with Gasteiger partial charge in [-0.05, 0) is 77.0 Å². The van der Waals surface area contributed by atoms with E-state index in [-0.39, 0.29) is 12.8 Å². The molecule has 0 saturated heterocycles. The van der Waals surface area contributed by atoms with Crippen molar-refractivity contribution in [1.82, 2.24) is 0 Å². The van der Waals surface area contributed by atoms with Crippen LogP contribution in [0.2, 0.25) is 0 Å². The van der Waals surface area contributed by atoms with Gasteiger partial charge < -0.3 is 35.4 Å². The molecule has 13 nitrogen and oxygen atoms in total. The number of aliphatic hydroxyl groups excluding tert-OH is 2. The topological polar surface area (TPSA) is 212 Å². The summed E-state index contributed by atoms with van der Waals surface area (Å²) in [6.07, 6.45) is 47.8. The normalized spacial score (nSPS) is 15.8. The molecule has 0 aromatic carbocycles. The summed E-state index contributed by atoms with van der Waals surface area (Å²) in [6, 6.07) is -1.57. The summed E-state index contributed by atoms with van der Waals surface area (Å²) in [5.41, 5.74) is 5.32. The SMILES string of the molecule is CC/C=C\C[C@H](O)/C=C/C=C\C=C\[C@H](O)C/C=C\C/C=C\CCC(=O)O[C@H](COC(=O)CCC/C=C\C/C=C\C/C=C\C/C=C\CCCCC)COP(=O)(O)OC[C@H](N)C(=O)O. The van der Waals surface area contributed by atoms with Crippen LogP contribution in [0.15, 0.2) is 122 Å². The van der Waals surface area contributed by atoms with Crippen molar-refractivity contribution in [1.29, 1.82) is 0 Å². The number of aliphatic hydroxyl groups is 2. The van der Waals surface area contributed by atoms with E-state index in [9.17, 15) is 34.1 Å². The maximum atomic E-state index is 12.6. The number of aliphatic carboxylic acids is 1. The lowest BCUT2D eigenvalue weighted by Gasteiger charge is -2.20. The number of allylic oxidation sites excluding steroid dienone is 16. The number of esters is 2. The molecule has 0 aromatic rings. The zero-order valence-corrected chi connectivity index (χ0v) is 37.8. The number of phosphoric ester groups is 1. The summed E-state index contributed by atoms with van der Waals surface area (Å²) < 4.78 is 32.5. The monoisotopic (exact) mass is 887 g/mol. The van der Waals surface area contributed by atoms with E-state index < -0.39 is 69.9 Å². The van der Waals surface area contributed by atoms with Crippen molar-refractivity contribution in [3.8, 4) is 0 Å². The number of nitrogens with two attached hydrogens (primary N) is 1. The van der Waals surface area contributed by atoms with E-state index in [0.717, 1.165) is 32.1 Å². The smallest absolute Gasteiger partial charge is 0.472 e. The second-order valence-electron chi connectivity index (χ2n) is 14.1. The van der Waals surface area contributed by atoms with Crippen LogP contribution in [0.25, 0.3) is 0 Å². The van der Waals surface area contributed by atoms with Crippen LogP contribution in [0, 0.1) is 0 Å². The lowest BCUT2D eigenvalue weighted by molar-refractivity contribution is -0.161. The molecule has 14 heteroatoms. The number of unbranched alkanes of at least 4 members (excludes halogenated alkanes) is 4. The lowest BCUT2D eigenvalue weighted by atomic mass is 10.2. The van der Waals surface area contributed by atoms with Crippen molar-refractivity contribution in [2.24, 2.45) is 5.73 Å². The Labute approximate surface area is 370 Å². The Morgan fingerprint density at radius 2 is 1.10 bits per heavy atom. The summed E-state index contributed by atoms with van der Waals surface area (Å²) >= 11 is 0. The van der Waals surface area contributed by atoms with Gasteiger partial charge in [0.15, 0.2) is 6.10 Å². The van der Waals surface area contributed by atoms with Gasteiger partial charge in [-0.2, -0.15) is 0 Å². The molecule has 0 spiro atoms. The minimum Gasteiger partial charge on any atom is -0.480 e. The van der Waals surface area contributed by atoms with Crippen LogP contribution in [-0.2, 0) is 37.5 Å². The van der Waals surface area contributed by atoms with E-state index in [4.69, 9.17) is 24.8 Å². The van der Waals surface area contributed by atoms with Crippen LogP contribution in [0.3, 0.4) is 0 Å². The van der Waals surface area contributed by atoms with E-state index in [1.807, 2.05) is 49.5 Å². The predicted molar refractivity (Wildman–Crippen MR) is 247 cm³/mol. The molecule has 0 aliphatic carbocycles. The summed E-state index contributed by atoms with van der Waals surface area (Å²) in [4.78, 5) is 45.9. The summed E-state index contributed by atoms with van der Waals surface area (Å²) in [5, 5.41) is 28.9. The van der Waals surface area contributed by atoms with Gasteiger partial charge in [0.25, 0.3) is 0 Å². The van der Waals surface area contributed by atoms with Gasteiger partial charge in [0.05, 0.1) is 25.4 Å². The van der Waals surface area contributed by atoms with Gasteiger partial charge >= 0.3 is 25.7 Å². The first kappa shape index (κ1) is 57.8. The molecule has 0 rings (SSSR count). The highest BCUT2D eigenvalue weighted by molar-refractivity contribution is 7.47. The average molecular weight is 888 g/mol. The maximum absolute atomic E-state index is 12.6. The minimum atomic E-state index is -4.79. The number of rotatable bonds is 38. The van der Waals surface area contributed by atoms with Crippen molar-refractivity contribution >= 4 is 25.7 Å². The van der Waals surface area contributed by atoms with Gasteiger partial charge in [-0.25, -0.2) is 4.57 Å². The third kappa shape index (κ3) is 39.9. The largest absolute Gasteiger partial charge is 0.480 e. The quantitative estimate of drug-likeness (QED) is 0.0129. The van der Waals surface area contributed by atoms with Crippen LogP contribution >= 0.6 is 7.82 Å². The Morgan fingerprint density at radius 1 is 0.597 bits per heavy atom. The minimum absolute atomic E-state index is 0.0401. The molecular weight excluding hydrogens is 813 g/mol. The van der Waals surface area contributed by atoms with Crippen LogP contribution in [0.5, 0.6) is 0 Å². The fourth-order valence-electron chi connectivity index (χ4n) is 4.90. The van der Waals surface area contributed by atoms with Crippen molar-refractivity contribution in [2.75, 3.05) is 19.8 Å². The molecule has 1 unspecified atom stereocenters. The van der Waals surface area contributed by atoms with Gasteiger partial charge in [-0.3, -0.25) is 23.4 Å². The van der Waals surface area contributed by atoms with Crippen LogP contribution < -0.4 is 5.73 Å². The number of ether oxygens (including phenoxy) is 2. The molecule has 62 heavy (non-hydrogen) atoms. The maximum Gasteiger partial charge on any atom is 0.472 e. The molecule has 0 fully saturated rings. The van der Waals surface area contributed by atoms with Crippen LogP contribution in [0.4, 0.5) is 0 Å². The first-order valence-corrected chi connectivity index (χ1v) is 23.3. The van der Waals surface area contributed by atoms with E-state index >= 15 is 0 Å². The zero-order valence-electron chi connectivity index (χ0n) is 36.9. The standard InChI is InChI=1S/C48H74NO12P/c1-3-5-7-8-9-10-11-12-13-14-15-16-17-18-19-23-31-37-46(52)58-39-44(40-59-62(56,57)60-41-45(49)48(54)55)61-47(53)38-32-24-21-20-22-28-34-43(51)36-30-26-25-29-35-42(50)33-27-6-4-2/h6,9-10,12-13,15-16,18-19,21-22,24-30,35-36,42-45,50-51H,3-5,7-8,11,14,17,20,23,31-34,37-41,49H2,1-2H3,(H,54,55)(H,56,57)/b10-9-,13-12-,16-15-,19-18-,24-21-,26-25-,27-6-,28-22-,35-29+,36-30+/t42-,43+,44+,45-/m0/s1. The molecule has 0 amide bonds. The highest BCUT2D eigenvalue weighted by atomic mass is 31.2. The molecule has 0 saturated carbocycles. The van der Waals surface area contributed by atoms with E-state index in [1.165, 1.54) is 19.3 Å².